The lowest BCUT2D eigenvalue weighted by molar-refractivity contribution is 0.157. The predicted molar refractivity (Wildman–Crippen MR) is 78.4 cm³/mol. The van der Waals surface area contributed by atoms with Gasteiger partial charge in [0, 0.05) is 24.0 Å². The van der Waals surface area contributed by atoms with E-state index in [1.54, 1.807) is 24.5 Å². The molecule has 0 saturated heterocycles. The Bertz CT molecular complexity index is 968. The highest BCUT2D eigenvalue weighted by molar-refractivity contribution is 5.84. The van der Waals surface area contributed by atoms with Crippen LogP contribution in [0, 0.1) is 0 Å². The highest BCUT2D eigenvalue weighted by Crippen LogP contribution is 2.38. The van der Waals surface area contributed by atoms with E-state index in [1.807, 2.05) is 19.9 Å². The summed E-state index contributed by atoms with van der Waals surface area (Å²) in [4.78, 5) is 16.0. The lowest BCUT2D eigenvalue weighted by Crippen LogP contribution is -2.32. The first-order valence-electron chi connectivity index (χ1n) is 6.75. The molecule has 3 heterocycles. The molecule has 2 aromatic heterocycles. The number of rotatable bonds is 1. The highest BCUT2D eigenvalue weighted by atomic mass is 16.6. The summed E-state index contributed by atoms with van der Waals surface area (Å²) in [6.45, 7) is 3.85. The van der Waals surface area contributed by atoms with Crippen LogP contribution in [0.1, 0.15) is 19.4 Å². The minimum absolute atomic E-state index is 0.212. The summed E-state index contributed by atoms with van der Waals surface area (Å²) < 4.78 is 12.3. The quantitative estimate of drug-likeness (QED) is 0.681. The maximum absolute atomic E-state index is 12.1. The van der Waals surface area contributed by atoms with Crippen LogP contribution in [-0.4, -0.2) is 25.5 Å². The van der Waals surface area contributed by atoms with Gasteiger partial charge in [-0.15, -0.1) is 0 Å². The third kappa shape index (κ3) is 1.90. The minimum Gasteiger partial charge on any atom is -0.483 e. The van der Waals surface area contributed by atoms with E-state index in [0.717, 1.165) is 11.3 Å². The van der Waals surface area contributed by atoms with Crippen LogP contribution in [0.5, 0.6) is 5.75 Å². The molecule has 1 aromatic carbocycles. The number of benzene rings is 1. The van der Waals surface area contributed by atoms with Gasteiger partial charge in [-0.05, 0) is 36.3 Å². The number of aromatic nitrogens is 4. The zero-order chi connectivity index (χ0) is 15.3. The maximum Gasteiger partial charge on any atom is 0.273 e. The standard InChI is InChI=1S/C15H12N4O3/c1-15(2)7-12(19-4-3-16-8-14(19)20)9-5-10-11(18-22-17-10)6-13(9)21-15/h3-8H,1-2H3. The van der Waals surface area contributed by atoms with Gasteiger partial charge in [0.05, 0.1) is 11.9 Å². The van der Waals surface area contributed by atoms with Crippen molar-refractivity contribution < 1.29 is 9.37 Å². The Hall–Kier alpha value is -2.96. The van der Waals surface area contributed by atoms with Crippen molar-refractivity contribution in [1.82, 2.24) is 19.9 Å². The Morgan fingerprint density at radius 3 is 2.73 bits per heavy atom. The van der Waals surface area contributed by atoms with Crippen molar-refractivity contribution in [3.63, 3.8) is 0 Å². The van der Waals surface area contributed by atoms with Crippen LogP contribution >= 0.6 is 0 Å². The van der Waals surface area contributed by atoms with E-state index in [9.17, 15) is 4.79 Å². The fraction of sp³-hybridized carbons (Fsp3) is 0.200. The normalized spacial score (nSPS) is 16.0. The van der Waals surface area contributed by atoms with E-state index in [1.165, 1.54) is 10.8 Å². The molecule has 1 aliphatic heterocycles. The van der Waals surface area contributed by atoms with Crippen LogP contribution < -0.4 is 10.3 Å². The van der Waals surface area contributed by atoms with Gasteiger partial charge in [-0.3, -0.25) is 14.3 Å². The molecule has 110 valence electrons. The van der Waals surface area contributed by atoms with Crippen molar-refractivity contribution in [3.8, 4) is 5.75 Å². The fourth-order valence-electron chi connectivity index (χ4n) is 2.56. The van der Waals surface area contributed by atoms with Crippen molar-refractivity contribution in [2.45, 2.75) is 19.4 Å². The summed E-state index contributed by atoms with van der Waals surface area (Å²) >= 11 is 0. The molecule has 7 nitrogen and oxygen atoms in total. The van der Waals surface area contributed by atoms with Crippen LogP contribution in [0.2, 0.25) is 0 Å². The van der Waals surface area contributed by atoms with Crippen molar-refractivity contribution in [2.24, 2.45) is 0 Å². The first-order valence-corrected chi connectivity index (χ1v) is 6.75. The first-order chi connectivity index (χ1) is 10.5. The molecule has 22 heavy (non-hydrogen) atoms. The van der Waals surface area contributed by atoms with Crippen LogP contribution in [0.3, 0.4) is 0 Å². The van der Waals surface area contributed by atoms with Crippen molar-refractivity contribution >= 4 is 16.7 Å². The Morgan fingerprint density at radius 2 is 1.95 bits per heavy atom. The summed E-state index contributed by atoms with van der Waals surface area (Å²) in [5.74, 6) is 0.634. The van der Waals surface area contributed by atoms with E-state index in [2.05, 4.69) is 15.3 Å². The second-order valence-electron chi connectivity index (χ2n) is 5.62. The molecule has 0 saturated carbocycles. The highest BCUT2D eigenvalue weighted by Gasteiger charge is 2.29. The molecule has 0 amide bonds. The molecule has 0 N–H and O–H groups in total. The molecule has 0 radical (unpaired) electrons. The zero-order valence-electron chi connectivity index (χ0n) is 12.0. The third-order valence-corrected chi connectivity index (χ3v) is 3.47. The Balaban J connectivity index is 2.03. The number of hydrogen-bond acceptors (Lipinski definition) is 6. The van der Waals surface area contributed by atoms with Gasteiger partial charge in [0.1, 0.15) is 22.4 Å². The van der Waals surface area contributed by atoms with E-state index in [-0.39, 0.29) is 5.56 Å². The lowest BCUT2D eigenvalue weighted by Gasteiger charge is -2.31. The molecule has 7 heteroatoms. The molecule has 0 unspecified atom stereocenters. The molecular weight excluding hydrogens is 284 g/mol. The monoisotopic (exact) mass is 296 g/mol. The maximum atomic E-state index is 12.1. The molecular formula is C15H12N4O3. The lowest BCUT2D eigenvalue weighted by atomic mass is 9.98. The first kappa shape index (κ1) is 12.8. The number of hydrogen-bond donors (Lipinski definition) is 0. The minimum atomic E-state index is -0.560. The van der Waals surface area contributed by atoms with Gasteiger partial charge >= 0.3 is 0 Å². The molecule has 0 aliphatic carbocycles. The molecule has 1 aliphatic rings. The van der Waals surface area contributed by atoms with Gasteiger partial charge in [0.25, 0.3) is 5.56 Å². The van der Waals surface area contributed by atoms with Gasteiger partial charge in [0.2, 0.25) is 0 Å². The zero-order valence-corrected chi connectivity index (χ0v) is 12.0. The molecule has 0 bridgehead atoms. The number of nitrogens with zero attached hydrogens (tertiary/aromatic N) is 4. The van der Waals surface area contributed by atoms with Crippen LogP contribution in [0.25, 0.3) is 16.7 Å². The van der Waals surface area contributed by atoms with E-state index in [0.29, 0.717) is 16.8 Å². The Kier molecular flexibility index (Phi) is 2.47. The number of ether oxygens (including phenoxy) is 1. The van der Waals surface area contributed by atoms with Gasteiger partial charge in [0.15, 0.2) is 0 Å². The molecule has 4 rings (SSSR count). The topological polar surface area (TPSA) is 83.0 Å². The molecule has 0 spiro atoms. The van der Waals surface area contributed by atoms with Gasteiger partial charge in [-0.2, -0.15) is 0 Å². The van der Waals surface area contributed by atoms with Gasteiger partial charge < -0.3 is 4.74 Å². The largest absolute Gasteiger partial charge is 0.483 e. The van der Waals surface area contributed by atoms with Crippen LogP contribution in [0.15, 0.2) is 46.2 Å². The molecule has 3 aromatic rings. The van der Waals surface area contributed by atoms with Gasteiger partial charge in [-0.25, -0.2) is 4.63 Å². The van der Waals surface area contributed by atoms with E-state index < -0.39 is 5.60 Å². The molecule has 0 atom stereocenters. The average molecular weight is 296 g/mol. The summed E-state index contributed by atoms with van der Waals surface area (Å²) in [5, 5.41) is 7.67. The van der Waals surface area contributed by atoms with Crippen molar-refractivity contribution in [1.29, 1.82) is 0 Å². The summed E-state index contributed by atoms with van der Waals surface area (Å²) in [7, 11) is 0. The predicted octanol–water partition coefficient (Wildman–Crippen LogP) is 1.84. The molecule has 0 fully saturated rings. The summed E-state index contributed by atoms with van der Waals surface area (Å²) in [6.07, 6.45) is 6.38. The van der Waals surface area contributed by atoms with Crippen LogP contribution in [0.4, 0.5) is 0 Å². The van der Waals surface area contributed by atoms with Gasteiger partial charge in [-0.1, -0.05) is 0 Å². The smallest absolute Gasteiger partial charge is 0.273 e. The van der Waals surface area contributed by atoms with Crippen LogP contribution in [-0.2, 0) is 0 Å². The fourth-order valence-corrected chi connectivity index (χ4v) is 2.56. The van der Waals surface area contributed by atoms with Crippen molar-refractivity contribution in [2.75, 3.05) is 0 Å². The summed E-state index contributed by atoms with van der Waals surface area (Å²) in [5.41, 5.74) is 1.93. The second kappa shape index (κ2) is 4.27. The number of fused-ring (bicyclic) bond motifs is 2. The Labute approximate surface area is 124 Å². The third-order valence-electron chi connectivity index (χ3n) is 3.47. The second-order valence-corrected chi connectivity index (χ2v) is 5.62. The van der Waals surface area contributed by atoms with E-state index >= 15 is 0 Å². The SMILES string of the molecule is CC1(C)C=C(n2ccncc2=O)c2cc3nonc3cc2O1. The van der Waals surface area contributed by atoms with Crippen molar-refractivity contribution in [3.05, 3.63) is 52.7 Å². The Morgan fingerprint density at radius 1 is 1.18 bits per heavy atom. The van der Waals surface area contributed by atoms with E-state index in [4.69, 9.17) is 9.37 Å². The summed E-state index contributed by atoms with van der Waals surface area (Å²) in [6, 6.07) is 3.57. The average Bonchev–Trinajstić information content (AvgIpc) is 2.91.